The highest BCUT2D eigenvalue weighted by atomic mass is 16.3. The minimum atomic E-state index is -1.70. The van der Waals surface area contributed by atoms with Gasteiger partial charge in [0.2, 0.25) is 0 Å². The van der Waals surface area contributed by atoms with Gasteiger partial charge in [0.15, 0.2) is 5.60 Å². The first-order valence-corrected chi connectivity index (χ1v) is 7.40. The zero-order chi connectivity index (χ0) is 15.8. The normalized spacial score (nSPS) is 21.0. The van der Waals surface area contributed by atoms with Gasteiger partial charge in [0.1, 0.15) is 5.78 Å². The summed E-state index contributed by atoms with van der Waals surface area (Å²) in [6.45, 7) is 8.07. The molecule has 4 nitrogen and oxygen atoms in total. The van der Waals surface area contributed by atoms with E-state index in [-0.39, 0.29) is 18.1 Å². The van der Waals surface area contributed by atoms with Gasteiger partial charge in [-0.3, -0.25) is 9.59 Å². The number of amides is 1. The number of ketones is 1. The van der Waals surface area contributed by atoms with Crippen molar-refractivity contribution in [3.63, 3.8) is 0 Å². The van der Waals surface area contributed by atoms with E-state index in [1.54, 1.807) is 4.90 Å². The number of hydrogen-bond donors (Lipinski definition) is 1. The van der Waals surface area contributed by atoms with E-state index in [1.807, 2.05) is 25.1 Å². The van der Waals surface area contributed by atoms with Crippen LogP contribution in [0, 0.1) is 12.8 Å². The van der Waals surface area contributed by atoms with Crippen molar-refractivity contribution in [1.82, 2.24) is 0 Å². The lowest BCUT2D eigenvalue weighted by Gasteiger charge is -2.22. The monoisotopic (exact) mass is 289 g/mol. The van der Waals surface area contributed by atoms with Crippen molar-refractivity contribution in [3.05, 3.63) is 29.3 Å². The molecule has 0 unspecified atom stereocenters. The first kappa shape index (κ1) is 15.7. The van der Waals surface area contributed by atoms with E-state index in [9.17, 15) is 14.7 Å². The number of rotatable bonds is 5. The molecule has 1 aliphatic heterocycles. The molecule has 0 saturated carbocycles. The highest BCUT2D eigenvalue weighted by Crippen LogP contribution is 2.43. The van der Waals surface area contributed by atoms with Crippen LogP contribution in [0.25, 0.3) is 0 Å². The maximum atomic E-state index is 12.7. The van der Waals surface area contributed by atoms with Gasteiger partial charge in [-0.05, 0) is 32.3 Å². The number of aliphatic hydroxyl groups is 1. The Morgan fingerprint density at radius 3 is 2.62 bits per heavy atom. The molecule has 1 amide bonds. The van der Waals surface area contributed by atoms with Crippen LogP contribution in [0.5, 0.6) is 0 Å². The Labute approximate surface area is 125 Å². The van der Waals surface area contributed by atoms with Crippen LogP contribution in [-0.2, 0) is 15.2 Å². The molecular formula is C17H23NO3. The summed E-state index contributed by atoms with van der Waals surface area (Å²) in [7, 11) is 0. The van der Waals surface area contributed by atoms with Crippen molar-refractivity contribution < 1.29 is 14.7 Å². The first-order valence-electron chi connectivity index (χ1n) is 7.40. The summed E-state index contributed by atoms with van der Waals surface area (Å²) in [5.41, 5.74) is 0.556. The molecule has 1 aromatic rings. The summed E-state index contributed by atoms with van der Waals surface area (Å²) in [5.74, 6) is -0.101. The van der Waals surface area contributed by atoms with Gasteiger partial charge in [-0.15, -0.1) is 0 Å². The van der Waals surface area contributed by atoms with Crippen LogP contribution >= 0.6 is 0 Å². The van der Waals surface area contributed by atoms with E-state index in [4.69, 9.17) is 0 Å². The molecule has 1 heterocycles. The molecule has 1 atom stereocenters. The number of Topliss-reactive ketones (excluding diaryl/α,β-unsaturated/α-hetero) is 1. The molecule has 0 spiro atoms. The summed E-state index contributed by atoms with van der Waals surface area (Å²) in [5, 5.41) is 10.8. The Morgan fingerprint density at radius 1 is 1.38 bits per heavy atom. The van der Waals surface area contributed by atoms with E-state index in [2.05, 4.69) is 13.8 Å². The second-order valence-electron chi connectivity index (χ2n) is 6.40. The van der Waals surface area contributed by atoms with Crippen molar-refractivity contribution in [3.8, 4) is 0 Å². The fraction of sp³-hybridized carbons (Fsp3) is 0.529. The van der Waals surface area contributed by atoms with Crippen molar-refractivity contribution in [2.75, 3.05) is 11.4 Å². The molecule has 0 bridgehead atoms. The molecule has 4 heteroatoms. The largest absolute Gasteiger partial charge is 0.375 e. The average molecular weight is 289 g/mol. The Morgan fingerprint density at radius 2 is 2.05 bits per heavy atom. The van der Waals surface area contributed by atoms with Crippen LogP contribution in [0.1, 0.15) is 44.7 Å². The fourth-order valence-corrected chi connectivity index (χ4v) is 2.80. The summed E-state index contributed by atoms with van der Waals surface area (Å²) in [6.07, 6.45) is 0.690. The maximum absolute atomic E-state index is 12.7. The summed E-state index contributed by atoms with van der Waals surface area (Å²) >= 11 is 0. The van der Waals surface area contributed by atoms with E-state index in [0.717, 1.165) is 17.7 Å². The molecule has 0 radical (unpaired) electrons. The van der Waals surface area contributed by atoms with Crippen LogP contribution < -0.4 is 4.90 Å². The molecule has 0 aromatic heterocycles. The molecule has 1 aliphatic rings. The Hall–Kier alpha value is -1.68. The van der Waals surface area contributed by atoms with Gasteiger partial charge >= 0.3 is 0 Å². The van der Waals surface area contributed by atoms with Crippen LogP contribution in [0.15, 0.2) is 18.2 Å². The van der Waals surface area contributed by atoms with E-state index in [1.165, 1.54) is 6.92 Å². The van der Waals surface area contributed by atoms with Crippen molar-refractivity contribution in [1.29, 1.82) is 0 Å². The molecule has 0 aliphatic carbocycles. The lowest BCUT2D eigenvalue weighted by atomic mass is 9.89. The molecule has 0 saturated heterocycles. The number of benzene rings is 1. The molecular weight excluding hydrogens is 266 g/mol. The molecule has 114 valence electrons. The number of anilines is 1. The standard InChI is InChI=1S/C17H23NO3/c1-11(2)7-8-18-15-6-5-12(3)9-14(15)17(21,16(18)20)10-13(4)19/h5-6,9,11,21H,7-8,10H2,1-4H3/t17-/m0/s1. The van der Waals surface area contributed by atoms with Gasteiger partial charge in [0, 0.05) is 18.5 Å². The maximum Gasteiger partial charge on any atom is 0.264 e. The molecule has 2 rings (SSSR count). The van der Waals surface area contributed by atoms with Gasteiger partial charge in [0.05, 0.1) is 5.69 Å². The summed E-state index contributed by atoms with van der Waals surface area (Å²) < 4.78 is 0. The van der Waals surface area contributed by atoms with Crippen molar-refractivity contribution in [2.24, 2.45) is 5.92 Å². The Kier molecular flexibility index (Phi) is 4.19. The number of carbonyl (C=O) groups excluding carboxylic acids is 2. The van der Waals surface area contributed by atoms with Gasteiger partial charge < -0.3 is 10.0 Å². The molecule has 1 aromatic carbocycles. The smallest absolute Gasteiger partial charge is 0.264 e. The predicted octanol–water partition coefficient (Wildman–Crippen LogP) is 2.55. The summed E-state index contributed by atoms with van der Waals surface area (Å²) in [4.78, 5) is 25.8. The number of aryl methyl sites for hydroxylation is 1. The third kappa shape index (κ3) is 2.86. The molecule has 0 fully saturated rings. The SMILES string of the molecule is CC(=O)C[C@@]1(O)C(=O)N(CCC(C)C)c2ccc(C)cc21. The predicted molar refractivity (Wildman–Crippen MR) is 82.2 cm³/mol. The number of carbonyl (C=O) groups is 2. The first-order chi connectivity index (χ1) is 9.75. The zero-order valence-electron chi connectivity index (χ0n) is 13.1. The fourth-order valence-electron chi connectivity index (χ4n) is 2.80. The zero-order valence-corrected chi connectivity index (χ0v) is 13.1. The van der Waals surface area contributed by atoms with Crippen molar-refractivity contribution in [2.45, 2.75) is 46.1 Å². The Bertz CT molecular complexity index is 579. The third-order valence-electron chi connectivity index (χ3n) is 3.92. The van der Waals surface area contributed by atoms with Crippen LogP contribution in [0.3, 0.4) is 0 Å². The molecule has 21 heavy (non-hydrogen) atoms. The quantitative estimate of drug-likeness (QED) is 0.906. The Balaban J connectivity index is 2.45. The van der Waals surface area contributed by atoms with E-state index in [0.29, 0.717) is 18.0 Å². The van der Waals surface area contributed by atoms with Crippen LogP contribution in [-0.4, -0.2) is 23.3 Å². The number of hydrogen-bond acceptors (Lipinski definition) is 3. The second-order valence-corrected chi connectivity index (χ2v) is 6.40. The molecule has 1 N–H and O–H groups in total. The second kappa shape index (κ2) is 5.60. The van der Waals surface area contributed by atoms with Crippen LogP contribution in [0.2, 0.25) is 0 Å². The minimum absolute atomic E-state index is 0.166. The lowest BCUT2D eigenvalue weighted by Crippen LogP contribution is -2.42. The topological polar surface area (TPSA) is 57.6 Å². The average Bonchev–Trinajstić information content (AvgIpc) is 2.56. The highest BCUT2D eigenvalue weighted by molar-refractivity contribution is 6.08. The lowest BCUT2D eigenvalue weighted by molar-refractivity contribution is -0.141. The van der Waals surface area contributed by atoms with Gasteiger partial charge in [-0.25, -0.2) is 0 Å². The number of nitrogens with zero attached hydrogens (tertiary/aromatic N) is 1. The van der Waals surface area contributed by atoms with E-state index < -0.39 is 5.60 Å². The summed E-state index contributed by atoms with van der Waals surface area (Å²) in [6, 6.07) is 5.60. The highest BCUT2D eigenvalue weighted by Gasteiger charge is 2.50. The van der Waals surface area contributed by atoms with Crippen molar-refractivity contribution >= 4 is 17.4 Å². The van der Waals surface area contributed by atoms with Crippen LogP contribution in [0.4, 0.5) is 5.69 Å². The van der Waals surface area contributed by atoms with Gasteiger partial charge in [-0.1, -0.05) is 31.5 Å². The van der Waals surface area contributed by atoms with Gasteiger partial charge in [-0.2, -0.15) is 0 Å². The van der Waals surface area contributed by atoms with Gasteiger partial charge in [0.25, 0.3) is 5.91 Å². The third-order valence-corrected chi connectivity index (χ3v) is 3.92. The van der Waals surface area contributed by atoms with E-state index >= 15 is 0 Å². The minimum Gasteiger partial charge on any atom is -0.375 e. The number of fused-ring (bicyclic) bond motifs is 1.